The first kappa shape index (κ1) is 19.6. The van der Waals surface area contributed by atoms with E-state index in [1.165, 1.54) is 51.4 Å². The molecule has 0 bridgehead atoms. The molecule has 0 amide bonds. The summed E-state index contributed by atoms with van der Waals surface area (Å²) in [7, 11) is 0. The highest BCUT2D eigenvalue weighted by molar-refractivity contribution is 5.88. The molecule has 1 aromatic carbocycles. The predicted octanol–water partition coefficient (Wildman–Crippen LogP) is 6.58. The highest BCUT2D eigenvalue weighted by Crippen LogP contribution is 2.66. The average molecular weight is 397 g/mol. The Balaban J connectivity index is 1.22. The van der Waals surface area contributed by atoms with Crippen LogP contribution in [0.1, 0.15) is 88.4 Å². The molecule has 0 heterocycles. The topological polar surface area (TPSA) is 35.5 Å². The zero-order valence-corrected chi connectivity index (χ0v) is 18.1. The van der Waals surface area contributed by atoms with Gasteiger partial charge in [0.1, 0.15) is 6.10 Å². The SMILES string of the molecule is C[C@@]12CCC[C@H]1[C@@H]1CC[C@@H]3C[C@H](OOC(=O)c4ccccc4)CC[C@]3(C)[C@H]1CC2. The van der Waals surface area contributed by atoms with Gasteiger partial charge in [0.05, 0.1) is 5.56 Å². The van der Waals surface area contributed by atoms with Gasteiger partial charge in [-0.3, -0.25) is 4.89 Å². The summed E-state index contributed by atoms with van der Waals surface area (Å²) in [6.45, 7) is 5.17. The first-order valence-corrected chi connectivity index (χ1v) is 11.9. The molecule has 4 aliphatic carbocycles. The summed E-state index contributed by atoms with van der Waals surface area (Å²) in [5, 5.41) is 0. The minimum Gasteiger partial charge on any atom is -0.293 e. The lowest BCUT2D eigenvalue weighted by molar-refractivity contribution is -0.291. The van der Waals surface area contributed by atoms with Crippen molar-refractivity contribution in [1.29, 1.82) is 0 Å². The van der Waals surface area contributed by atoms with Crippen molar-refractivity contribution in [3.05, 3.63) is 35.9 Å². The second kappa shape index (κ2) is 7.41. The summed E-state index contributed by atoms with van der Waals surface area (Å²) in [5.74, 6) is 3.15. The highest BCUT2D eigenvalue weighted by Gasteiger charge is 2.58. The maximum atomic E-state index is 12.2. The number of benzene rings is 1. The summed E-state index contributed by atoms with van der Waals surface area (Å²) < 4.78 is 0. The number of rotatable bonds is 3. The summed E-state index contributed by atoms with van der Waals surface area (Å²) in [6, 6.07) is 9.13. The van der Waals surface area contributed by atoms with Gasteiger partial charge < -0.3 is 0 Å². The molecule has 4 aliphatic rings. The summed E-state index contributed by atoms with van der Waals surface area (Å²) in [4.78, 5) is 23.1. The molecule has 4 saturated carbocycles. The Morgan fingerprint density at radius 3 is 2.59 bits per heavy atom. The van der Waals surface area contributed by atoms with Gasteiger partial charge in [0.15, 0.2) is 0 Å². The Morgan fingerprint density at radius 2 is 1.76 bits per heavy atom. The minimum atomic E-state index is -0.379. The van der Waals surface area contributed by atoms with Gasteiger partial charge in [0.25, 0.3) is 0 Å². The van der Waals surface area contributed by atoms with Gasteiger partial charge in [0.2, 0.25) is 0 Å². The van der Waals surface area contributed by atoms with Gasteiger partial charge in [-0.05, 0) is 104 Å². The Labute approximate surface area is 175 Å². The van der Waals surface area contributed by atoms with Gasteiger partial charge in [-0.2, -0.15) is 4.89 Å². The normalized spacial score (nSPS) is 43.7. The Hall–Kier alpha value is -1.35. The number of carbonyl (C=O) groups is 1. The van der Waals surface area contributed by atoms with Crippen LogP contribution in [0.2, 0.25) is 0 Å². The quantitative estimate of drug-likeness (QED) is 0.428. The van der Waals surface area contributed by atoms with E-state index in [2.05, 4.69) is 13.8 Å². The van der Waals surface area contributed by atoms with Crippen LogP contribution < -0.4 is 0 Å². The molecule has 0 aliphatic heterocycles. The maximum absolute atomic E-state index is 12.2. The Morgan fingerprint density at radius 1 is 0.931 bits per heavy atom. The fourth-order valence-electron chi connectivity index (χ4n) is 8.03. The van der Waals surface area contributed by atoms with Crippen molar-refractivity contribution >= 4 is 5.97 Å². The molecule has 3 nitrogen and oxygen atoms in total. The van der Waals surface area contributed by atoms with E-state index in [1.807, 2.05) is 18.2 Å². The lowest BCUT2D eigenvalue weighted by atomic mass is 9.45. The van der Waals surface area contributed by atoms with Gasteiger partial charge in [-0.1, -0.05) is 38.5 Å². The molecule has 3 heteroatoms. The number of carbonyl (C=O) groups excluding carboxylic acids is 1. The van der Waals surface area contributed by atoms with E-state index in [-0.39, 0.29) is 12.1 Å². The fraction of sp³-hybridized carbons (Fsp3) is 0.731. The molecule has 4 fully saturated rings. The van der Waals surface area contributed by atoms with E-state index in [0.29, 0.717) is 22.3 Å². The van der Waals surface area contributed by atoms with Crippen LogP contribution in [0.25, 0.3) is 0 Å². The third-order valence-electron chi connectivity index (χ3n) is 9.67. The molecule has 5 rings (SSSR count). The third kappa shape index (κ3) is 3.34. The largest absolute Gasteiger partial charge is 0.373 e. The molecule has 0 radical (unpaired) electrons. The predicted molar refractivity (Wildman–Crippen MR) is 113 cm³/mol. The van der Waals surface area contributed by atoms with Crippen molar-refractivity contribution in [2.45, 2.75) is 84.2 Å². The maximum Gasteiger partial charge on any atom is 0.373 e. The van der Waals surface area contributed by atoms with Crippen LogP contribution >= 0.6 is 0 Å². The minimum absolute atomic E-state index is 0.0534. The van der Waals surface area contributed by atoms with Gasteiger partial charge in [-0.25, -0.2) is 4.79 Å². The zero-order chi connectivity index (χ0) is 20.1. The van der Waals surface area contributed by atoms with Crippen molar-refractivity contribution in [1.82, 2.24) is 0 Å². The first-order valence-electron chi connectivity index (χ1n) is 11.9. The van der Waals surface area contributed by atoms with Crippen LogP contribution in [0.4, 0.5) is 0 Å². The first-order chi connectivity index (χ1) is 14.0. The number of fused-ring (bicyclic) bond motifs is 5. The molecule has 29 heavy (non-hydrogen) atoms. The molecule has 0 unspecified atom stereocenters. The molecular formula is C26H36O3. The Kier molecular flexibility index (Phi) is 5.01. The summed E-state index contributed by atoms with van der Waals surface area (Å²) >= 11 is 0. The zero-order valence-electron chi connectivity index (χ0n) is 18.1. The van der Waals surface area contributed by atoms with Crippen molar-refractivity contribution in [3.63, 3.8) is 0 Å². The fourth-order valence-corrected chi connectivity index (χ4v) is 8.03. The Bertz CT molecular complexity index is 746. The van der Waals surface area contributed by atoms with E-state index in [4.69, 9.17) is 9.78 Å². The lowest BCUT2D eigenvalue weighted by Gasteiger charge is -2.60. The van der Waals surface area contributed by atoms with Crippen molar-refractivity contribution in [2.75, 3.05) is 0 Å². The number of hydrogen-bond acceptors (Lipinski definition) is 3. The summed E-state index contributed by atoms with van der Waals surface area (Å²) in [6.07, 6.45) is 13.3. The van der Waals surface area contributed by atoms with E-state index >= 15 is 0 Å². The molecule has 158 valence electrons. The summed E-state index contributed by atoms with van der Waals surface area (Å²) in [5.41, 5.74) is 1.64. The lowest BCUT2D eigenvalue weighted by Crippen LogP contribution is -2.53. The third-order valence-corrected chi connectivity index (χ3v) is 9.67. The number of hydrogen-bond donors (Lipinski definition) is 0. The molecule has 0 N–H and O–H groups in total. The van der Waals surface area contributed by atoms with Crippen LogP contribution in [-0.4, -0.2) is 12.1 Å². The van der Waals surface area contributed by atoms with Crippen molar-refractivity contribution < 1.29 is 14.6 Å². The van der Waals surface area contributed by atoms with E-state index in [1.54, 1.807) is 12.1 Å². The van der Waals surface area contributed by atoms with Crippen molar-refractivity contribution in [2.24, 2.45) is 34.5 Å². The second-order valence-electron chi connectivity index (χ2n) is 11.0. The van der Waals surface area contributed by atoms with Crippen molar-refractivity contribution in [3.8, 4) is 0 Å². The highest BCUT2D eigenvalue weighted by atomic mass is 17.2. The van der Waals surface area contributed by atoms with Crippen LogP contribution in [0.15, 0.2) is 30.3 Å². The average Bonchev–Trinajstić information content (AvgIpc) is 3.14. The van der Waals surface area contributed by atoms with E-state index < -0.39 is 0 Å². The van der Waals surface area contributed by atoms with Crippen LogP contribution in [0.5, 0.6) is 0 Å². The molecule has 0 spiro atoms. The van der Waals surface area contributed by atoms with Gasteiger partial charge in [-0.15, -0.1) is 0 Å². The van der Waals surface area contributed by atoms with Gasteiger partial charge in [0, 0.05) is 0 Å². The molecule has 0 saturated heterocycles. The van der Waals surface area contributed by atoms with E-state index in [9.17, 15) is 4.79 Å². The van der Waals surface area contributed by atoms with E-state index in [0.717, 1.165) is 30.6 Å². The van der Waals surface area contributed by atoms with Crippen LogP contribution in [0.3, 0.4) is 0 Å². The van der Waals surface area contributed by atoms with Crippen LogP contribution in [-0.2, 0) is 9.78 Å². The monoisotopic (exact) mass is 396 g/mol. The molecular weight excluding hydrogens is 360 g/mol. The second-order valence-corrected chi connectivity index (χ2v) is 11.0. The van der Waals surface area contributed by atoms with Crippen LogP contribution in [0, 0.1) is 34.5 Å². The molecule has 1 aromatic rings. The van der Waals surface area contributed by atoms with Gasteiger partial charge >= 0.3 is 5.97 Å². The molecule has 0 aromatic heterocycles. The molecule has 7 atom stereocenters. The smallest absolute Gasteiger partial charge is 0.293 e. The standard InChI is InChI=1S/C26H36O3/c1-25-14-6-9-22(25)21-11-10-19-17-20(12-16-26(19,2)23(21)13-15-25)28-29-24(27)18-7-4-3-5-8-18/h3-5,7-8,19-23H,6,9-17H2,1-2H3/t19-,20-,21+,22+,23+,25+,26+/m1/s1.